The Morgan fingerprint density at radius 3 is 2.67 bits per heavy atom. The van der Waals surface area contributed by atoms with Crippen molar-refractivity contribution in [2.45, 2.75) is 32.6 Å². The van der Waals surface area contributed by atoms with Gasteiger partial charge in [-0.2, -0.15) is 5.10 Å². The topological polar surface area (TPSA) is 56.0 Å². The maximum Gasteiger partial charge on any atom is 0.156 e. The molecule has 0 radical (unpaired) electrons. The van der Waals surface area contributed by atoms with Crippen LogP contribution >= 0.6 is 0 Å². The lowest BCUT2D eigenvalue weighted by molar-refractivity contribution is 0.152. The Labute approximate surface area is 123 Å². The molecule has 1 aliphatic carbocycles. The number of hydrogen-bond donors (Lipinski definition) is 0. The fraction of sp³-hybridized carbons (Fsp3) is 0.375. The van der Waals surface area contributed by atoms with Crippen molar-refractivity contribution < 1.29 is 0 Å². The molecule has 0 amide bonds. The summed E-state index contributed by atoms with van der Waals surface area (Å²) < 4.78 is 1.86. The van der Waals surface area contributed by atoms with Crippen molar-refractivity contribution in [1.29, 1.82) is 0 Å². The summed E-state index contributed by atoms with van der Waals surface area (Å²) in [6.07, 6.45) is 11.2. The normalized spacial score (nSPS) is 17.8. The molecule has 3 aromatic rings. The molecule has 0 saturated heterocycles. The van der Waals surface area contributed by atoms with Crippen LogP contribution in [0.15, 0.2) is 37.2 Å². The van der Waals surface area contributed by atoms with Crippen LogP contribution in [0.5, 0.6) is 0 Å². The van der Waals surface area contributed by atoms with Crippen LogP contribution in [0.1, 0.15) is 38.2 Å². The van der Waals surface area contributed by atoms with Gasteiger partial charge >= 0.3 is 0 Å². The van der Waals surface area contributed by atoms with Crippen molar-refractivity contribution in [2.24, 2.45) is 5.41 Å². The molecule has 0 bridgehead atoms. The van der Waals surface area contributed by atoms with Gasteiger partial charge in [0.1, 0.15) is 6.33 Å². The Morgan fingerprint density at radius 2 is 1.95 bits per heavy atom. The fourth-order valence-electron chi connectivity index (χ4n) is 3.31. The zero-order chi connectivity index (χ0) is 14.4. The summed E-state index contributed by atoms with van der Waals surface area (Å²) >= 11 is 0. The van der Waals surface area contributed by atoms with Crippen molar-refractivity contribution in [3.8, 4) is 11.3 Å². The molecule has 0 atom stereocenters. The molecule has 1 aliphatic rings. The van der Waals surface area contributed by atoms with Crippen LogP contribution < -0.4 is 0 Å². The van der Waals surface area contributed by atoms with Gasteiger partial charge in [0.2, 0.25) is 0 Å². The highest BCUT2D eigenvalue weighted by Gasteiger charge is 2.38. The van der Waals surface area contributed by atoms with Crippen molar-refractivity contribution in [1.82, 2.24) is 24.6 Å². The SMILES string of the molecule is CC1(C)CC(c2cc(-c3cncnc3)nn3ccnc23)C1. The molecule has 1 fully saturated rings. The average Bonchev–Trinajstić information content (AvgIpc) is 2.93. The van der Waals surface area contributed by atoms with Gasteiger partial charge in [0.05, 0.1) is 5.69 Å². The van der Waals surface area contributed by atoms with Crippen molar-refractivity contribution in [3.05, 3.63) is 42.7 Å². The molecular formula is C16H17N5. The van der Waals surface area contributed by atoms with Crippen molar-refractivity contribution in [3.63, 3.8) is 0 Å². The Bertz CT molecular complexity index is 783. The van der Waals surface area contributed by atoms with Gasteiger partial charge in [0.15, 0.2) is 5.65 Å². The Hall–Kier alpha value is -2.30. The predicted molar refractivity (Wildman–Crippen MR) is 79.8 cm³/mol. The lowest BCUT2D eigenvalue weighted by atomic mass is 9.62. The van der Waals surface area contributed by atoms with E-state index in [9.17, 15) is 0 Å². The maximum atomic E-state index is 4.62. The van der Waals surface area contributed by atoms with E-state index < -0.39 is 0 Å². The minimum Gasteiger partial charge on any atom is -0.244 e. The highest BCUT2D eigenvalue weighted by Crippen LogP contribution is 2.51. The third-order valence-corrected chi connectivity index (χ3v) is 4.28. The molecule has 5 heteroatoms. The van der Waals surface area contributed by atoms with Gasteiger partial charge in [-0.05, 0) is 30.2 Å². The number of rotatable bonds is 2. The van der Waals surface area contributed by atoms with Gasteiger partial charge in [-0.15, -0.1) is 0 Å². The molecule has 1 saturated carbocycles. The van der Waals surface area contributed by atoms with Gasteiger partial charge in [-0.3, -0.25) is 0 Å². The van der Waals surface area contributed by atoms with Crippen LogP contribution in [-0.4, -0.2) is 24.6 Å². The van der Waals surface area contributed by atoms with Crippen molar-refractivity contribution >= 4 is 5.65 Å². The smallest absolute Gasteiger partial charge is 0.156 e. The summed E-state index contributed by atoms with van der Waals surface area (Å²) in [7, 11) is 0. The Kier molecular flexibility index (Phi) is 2.58. The van der Waals surface area contributed by atoms with Gasteiger partial charge < -0.3 is 0 Å². The van der Waals surface area contributed by atoms with Crippen molar-refractivity contribution in [2.75, 3.05) is 0 Å². The Balaban J connectivity index is 1.84. The van der Waals surface area contributed by atoms with Gasteiger partial charge in [-0.25, -0.2) is 19.5 Å². The van der Waals surface area contributed by atoms with Crippen LogP contribution in [0.3, 0.4) is 0 Å². The van der Waals surface area contributed by atoms with Gasteiger partial charge in [0.25, 0.3) is 0 Å². The van der Waals surface area contributed by atoms with Gasteiger partial charge in [-0.1, -0.05) is 13.8 Å². The first kappa shape index (κ1) is 12.4. The average molecular weight is 279 g/mol. The van der Waals surface area contributed by atoms with E-state index in [-0.39, 0.29) is 0 Å². The summed E-state index contributed by atoms with van der Waals surface area (Å²) in [6, 6.07) is 2.15. The second-order valence-corrected chi connectivity index (χ2v) is 6.58. The highest BCUT2D eigenvalue weighted by molar-refractivity contribution is 5.62. The van der Waals surface area contributed by atoms with Crippen LogP contribution in [0.4, 0.5) is 0 Å². The summed E-state index contributed by atoms with van der Waals surface area (Å²) in [5.74, 6) is 0.566. The van der Waals surface area contributed by atoms with E-state index in [2.05, 4.69) is 40.0 Å². The van der Waals surface area contributed by atoms with E-state index >= 15 is 0 Å². The second-order valence-electron chi connectivity index (χ2n) is 6.58. The van der Waals surface area contributed by atoms with E-state index in [1.54, 1.807) is 18.6 Å². The van der Waals surface area contributed by atoms with Crippen LogP contribution in [-0.2, 0) is 0 Å². The highest BCUT2D eigenvalue weighted by atomic mass is 15.2. The molecule has 0 unspecified atom stereocenters. The van der Waals surface area contributed by atoms with E-state index in [4.69, 9.17) is 0 Å². The minimum atomic E-state index is 0.438. The minimum absolute atomic E-state index is 0.438. The lowest BCUT2D eigenvalue weighted by Crippen LogP contribution is -2.30. The second kappa shape index (κ2) is 4.35. The largest absolute Gasteiger partial charge is 0.244 e. The maximum absolute atomic E-state index is 4.62. The summed E-state index contributed by atoms with van der Waals surface area (Å²) in [5.41, 5.74) is 4.53. The molecular weight excluding hydrogens is 262 g/mol. The number of nitrogens with zero attached hydrogens (tertiary/aromatic N) is 5. The molecule has 0 spiro atoms. The zero-order valence-corrected chi connectivity index (χ0v) is 12.2. The predicted octanol–water partition coefficient (Wildman–Crippen LogP) is 3.09. The van der Waals surface area contributed by atoms with Gasteiger partial charge in [0, 0.05) is 35.9 Å². The molecule has 106 valence electrons. The van der Waals surface area contributed by atoms with E-state index in [1.165, 1.54) is 24.7 Å². The molecule has 0 aromatic carbocycles. The first-order valence-electron chi connectivity index (χ1n) is 7.22. The zero-order valence-electron chi connectivity index (χ0n) is 12.2. The molecule has 3 aromatic heterocycles. The lowest BCUT2D eigenvalue weighted by Gasteiger charge is -2.43. The van der Waals surface area contributed by atoms with Crippen LogP contribution in [0, 0.1) is 5.41 Å². The number of hydrogen-bond acceptors (Lipinski definition) is 4. The third-order valence-electron chi connectivity index (χ3n) is 4.28. The quantitative estimate of drug-likeness (QED) is 0.723. The van der Waals surface area contributed by atoms with Crippen LogP contribution in [0.2, 0.25) is 0 Å². The number of fused-ring (bicyclic) bond motifs is 1. The molecule has 3 heterocycles. The summed E-state index contributed by atoms with van der Waals surface area (Å²) in [6.45, 7) is 4.64. The van der Waals surface area contributed by atoms with Crippen LogP contribution in [0.25, 0.3) is 16.9 Å². The standard InChI is InChI=1S/C16H17N5/c1-16(2)6-11(7-16)13-5-14(12-8-17-10-18-9-12)20-21-4-3-19-15(13)21/h3-5,8-11H,6-7H2,1-2H3. The third kappa shape index (κ3) is 2.09. The first-order valence-corrected chi connectivity index (χ1v) is 7.22. The summed E-state index contributed by atoms with van der Waals surface area (Å²) in [4.78, 5) is 12.6. The monoisotopic (exact) mass is 279 g/mol. The molecule has 21 heavy (non-hydrogen) atoms. The first-order chi connectivity index (χ1) is 10.1. The Morgan fingerprint density at radius 1 is 1.19 bits per heavy atom. The number of aromatic nitrogens is 5. The molecule has 0 aliphatic heterocycles. The van der Waals surface area contributed by atoms with E-state index in [1.807, 2.05) is 10.7 Å². The fourth-order valence-corrected chi connectivity index (χ4v) is 3.31. The molecule has 0 N–H and O–H groups in total. The molecule has 5 nitrogen and oxygen atoms in total. The van der Waals surface area contributed by atoms with E-state index in [0.717, 1.165) is 16.9 Å². The molecule has 4 rings (SSSR count). The number of imidazole rings is 1. The summed E-state index contributed by atoms with van der Waals surface area (Å²) in [5, 5.41) is 4.62. The van der Waals surface area contributed by atoms with E-state index in [0.29, 0.717) is 11.3 Å².